The highest BCUT2D eigenvalue weighted by Gasteiger charge is 2.39. The van der Waals surface area contributed by atoms with Crippen LogP contribution in [0.4, 0.5) is 0 Å². The number of carboxylic acid groups (broad SMARTS) is 1. The molecule has 0 bridgehead atoms. The van der Waals surface area contributed by atoms with Crippen LogP contribution in [0.5, 0.6) is 0 Å². The van der Waals surface area contributed by atoms with E-state index < -0.39 is 42.0 Å². The topological polar surface area (TPSA) is 174 Å². The van der Waals surface area contributed by atoms with Gasteiger partial charge in [-0.2, -0.15) is 0 Å². The van der Waals surface area contributed by atoms with Crippen molar-refractivity contribution in [2.24, 2.45) is 11.7 Å². The molecule has 5 atom stereocenters. The lowest BCUT2D eigenvalue weighted by Gasteiger charge is -2.22. The molecular formula is C27H33N5O6. The number of hydrazine groups is 1. The number of carbonyl (C=O) groups excluding carboxylic acids is 3. The second-order valence-corrected chi connectivity index (χ2v) is 9.86. The van der Waals surface area contributed by atoms with Crippen molar-refractivity contribution >= 4 is 23.7 Å². The Labute approximate surface area is 220 Å². The summed E-state index contributed by atoms with van der Waals surface area (Å²) in [6, 6.07) is 15.6. The Balaban J connectivity index is 1.36. The van der Waals surface area contributed by atoms with Crippen molar-refractivity contribution < 1.29 is 29.4 Å². The van der Waals surface area contributed by atoms with Gasteiger partial charge in [0.15, 0.2) is 6.10 Å². The predicted octanol–water partition coefficient (Wildman–Crippen LogP) is -0.215. The molecule has 4 rings (SSSR count). The number of primary amides is 1. The van der Waals surface area contributed by atoms with Crippen molar-refractivity contribution in [1.82, 2.24) is 21.1 Å². The highest BCUT2D eigenvalue weighted by atomic mass is 16.4. The van der Waals surface area contributed by atoms with E-state index >= 15 is 0 Å². The number of nitrogens with two attached hydrogens (primary N) is 1. The molecule has 2 fully saturated rings. The molecule has 11 heteroatoms. The van der Waals surface area contributed by atoms with Crippen LogP contribution in [-0.2, 0) is 25.6 Å². The lowest BCUT2D eigenvalue weighted by Crippen LogP contribution is -2.49. The number of rotatable bonds is 10. The Morgan fingerprint density at radius 3 is 2.29 bits per heavy atom. The lowest BCUT2D eigenvalue weighted by atomic mass is 9.97. The summed E-state index contributed by atoms with van der Waals surface area (Å²) in [5.41, 5.74) is 14.0. The zero-order valence-electron chi connectivity index (χ0n) is 20.9. The van der Waals surface area contributed by atoms with Gasteiger partial charge in [-0.25, -0.2) is 15.6 Å². The maximum absolute atomic E-state index is 13.0. The van der Waals surface area contributed by atoms with Crippen molar-refractivity contribution in [3.8, 4) is 11.1 Å². The number of hydrogen-bond acceptors (Lipinski definition) is 7. The van der Waals surface area contributed by atoms with Gasteiger partial charge in [0.1, 0.15) is 12.1 Å². The molecule has 2 aliphatic rings. The number of amides is 3. The Hall–Kier alpha value is -3.80. The maximum Gasteiger partial charge on any atom is 0.332 e. The summed E-state index contributed by atoms with van der Waals surface area (Å²) in [6.07, 6.45) is -0.795. The van der Waals surface area contributed by atoms with E-state index in [1.54, 1.807) is 4.90 Å². The van der Waals surface area contributed by atoms with Crippen LogP contribution in [0.25, 0.3) is 11.1 Å². The van der Waals surface area contributed by atoms with Crippen molar-refractivity contribution in [1.29, 1.82) is 0 Å². The van der Waals surface area contributed by atoms with E-state index in [4.69, 9.17) is 5.73 Å². The summed E-state index contributed by atoms with van der Waals surface area (Å²) < 4.78 is 0. The molecule has 2 aromatic rings. The van der Waals surface area contributed by atoms with Crippen LogP contribution in [-0.4, -0.2) is 76.1 Å². The molecule has 7 N–H and O–H groups in total. The van der Waals surface area contributed by atoms with E-state index in [-0.39, 0.29) is 31.2 Å². The Morgan fingerprint density at radius 2 is 1.66 bits per heavy atom. The minimum Gasteiger partial charge on any atom is -0.479 e. The highest BCUT2D eigenvalue weighted by Crippen LogP contribution is 2.21. The second kappa shape index (κ2) is 12.2. The van der Waals surface area contributed by atoms with Gasteiger partial charge in [-0.15, -0.1) is 0 Å². The summed E-state index contributed by atoms with van der Waals surface area (Å²) in [7, 11) is 0. The number of aliphatic hydroxyl groups is 1. The minimum absolute atomic E-state index is 0.174. The van der Waals surface area contributed by atoms with Crippen LogP contribution in [0, 0.1) is 5.92 Å². The predicted molar refractivity (Wildman–Crippen MR) is 138 cm³/mol. The summed E-state index contributed by atoms with van der Waals surface area (Å²) in [4.78, 5) is 50.1. The molecular weight excluding hydrogens is 490 g/mol. The number of aliphatic carboxylic acids is 1. The fraction of sp³-hybridized carbons (Fsp3) is 0.407. The van der Waals surface area contributed by atoms with Crippen molar-refractivity contribution in [2.45, 2.75) is 49.9 Å². The third kappa shape index (κ3) is 6.74. The van der Waals surface area contributed by atoms with E-state index in [1.165, 1.54) is 0 Å². The molecule has 3 unspecified atom stereocenters. The number of nitrogens with zero attached hydrogens (tertiary/aromatic N) is 1. The van der Waals surface area contributed by atoms with Gasteiger partial charge in [0.25, 0.3) is 0 Å². The molecule has 2 aromatic carbocycles. The molecule has 2 saturated heterocycles. The standard InChI is InChI=1S/C27H33N5O6/c28-24(34)19-10-11-32(15-19)26(36)22-14-21(30-31-22)25(35)29-20(13-23(33)27(37)38)12-16-6-8-18(9-7-16)17-4-2-1-3-5-17/h1-9,19-23,30-31,33H,10-15H2,(H2,28,34)(H,29,35)(H,37,38)/t19?,20-,21?,22?,23-/m1/s1. The largest absolute Gasteiger partial charge is 0.479 e. The molecule has 11 nitrogen and oxygen atoms in total. The van der Waals surface area contributed by atoms with Gasteiger partial charge < -0.3 is 26.2 Å². The minimum atomic E-state index is -1.64. The number of aliphatic hydroxyl groups excluding tert-OH is 1. The third-order valence-electron chi connectivity index (χ3n) is 7.10. The number of hydrogen-bond donors (Lipinski definition) is 6. The summed E-state index contributed by atoms with van der Waals surface area (Å²) in [6.45, 7) is 0.696. The zero-order valence-corrected chi connectivity index (χ0v) is 20.9. The van der Waals surface area contributed by atoms with Crippen molar-refractivity contribution in [2.75, 3.05) is 13.1 Å². The van der Waals surface area contributed by atoms with Gasteiger partial charge in [0.05, 0.1) is 5.92 Å². The lowest BCUT2D eigenvalue weighted by molar-refractivity contribution is -0.147. The zero-order chi connectivity index (χ0) is 27.2. The SMILES string of the molecule is NC(=O)C1CCN(C(=O)C2CC(C(=O)N[C@H](Cc3ccc(-c4ccccc4)cc3)C[C@@H](O)C(=O)O)NN2)C1. The molecule has 0 aliphatic carbocycles. The Kier molecular flexibility index (Phi) is 8.72. The monoisotopic (exact) mass is 523 g/mol. The van der Waals surface area contributed by atoms with Crippen LogP contribution in [0.3, 0.4) is 0 Å². The third-order valence-corrected chi connectivity index (χ3v) is 7.10. The summed E-state index contributed by atoms with van der Waals surface area (Å²) in [5.74, 6) is -2.79. The number of benzene rings is 2. The van der Waals surface area contributed by atoms with E-state index in [9.17, 15) is 29.4 Å². The van der Waals surface area contributed by atoms with Gasteiger partial charge in [0.2, 0.25) is 17.7 Å². The van der Waals surface area contributed by atoms with Gasteiger partial charge in [-0.05, 0) is 36.0 Å². The molecule has 2 heterocycles. The number of carboxylic acids is 1. The molecule has 202 valence electrons. The summed E-state index contributed by atoms with van der Waals surface area (Å²) in [5, 5.41) is 22.0. The first-order valence-corrected chi connectivity index (χ1v) is 12.7. The highest BCUT2D eigenvalue weighted by molar-refractivity contribution is 5.88. The molecule has 0 aromatic heterocycles. The first-order valence-electron chi connectivity index (χ1n) is 12.7. The molecule has 0 saturated carbocycles. The van der Waals surface area contributed by atoms with Crippen LogP contribution in [0.1, 0.15) is 24.8 Å². The summed E-state index contributed by atoms with van der Waals surface area (Å²) >= 11 is 0. The normalized spacial score (nSPS) is 22.6. The number of carbonyl (C=O) groups is 4. The first kappa shape index (κ1) is 27.2. The Bertz CT molecular complexity index is 1160. The Morgan fingerprint density at radius 1 is 1.00 bits per heavy atom. The number of likely N-dealkylation sites (tertiary alicyclic amines) is 1. The van der Waals surface area contributed by atoms with E-state index in [0.717, 1.165) is 16.7 Å². The number of nitrogens with one attached hydrogen (secondary N) is 3. The quantitative estimate of drug-likeness (QED) is 0.248. The molecule has 0 spiro atoms. The van der Waals surface area contributed by atoms with Gasteiger partial charge in [-0.1, -0.05) is 54.6 Å². The van der Waals surface area contributed by atoms with Crippen LogP contribution >= 0.6 is 0 Å². The van der Waals surface area contributed by atoms with Crippen LogP contribution < -0.4 is 21.9 Å². The van der Waals surface area contributed by atoms with Crippen molar-refractivity contribution in [3.05, 3.63) is 60.2 Å². The molecule has 38 heavy (non-hydrogen) atoms. The molecule has 0 radical (unpaired) electrons. The van der Waals surface area contributed by atoms with Crippen molar-refractivity contribution in [3.63, 3.8) is 0 Å². The van der Waals surface area contributed by atoms with Gasteiger partial charge in [-0.3, -0.25) is 14.4 Å². The second-order valence-electron chi connectivity index (χ2n) is 9.86. The average Bonchev–Trinajstić information content (AvgIpc) is 3.60. The van der Waals surface area contributed by atoms with Crippen LogP contribution in [0.2, 0.25) is 0 Å². The fourth-order valence-electron chi connectivity index (χ4n) is 4.92. The molecule has 2 aliphatic heterocycles. The van der Waals surface area contributed by atoms with Gasteiger partial charge >= 0.3 is 5.97 Å². The maximum atomic E-state index is 13.0. The fourth-order valence-corrected chi connectivity index (χ4v) is 4.92. The van der Waals surface area contributed by atoms with E-state index in [1.807, 2.05) is 54.6 Å². The van der Waals surface area contributed by atoms with E-state index in [2.05, 4.69) is 16.2 Å². The molecule has 3 amide bonds. The van der Waals surface area contributed by atoms with Gasteiger partial charge in [0, 0.05) is 25.6 Å². The van der Waals surface area contributed by atoms with E-state index in [0.29, 0.717) is 19.4 Å². The smallest absolute Gasteiger partial charge is 0.332 e. The first-order chi connectivity index (χ1) is 18.2. The average molecular weight is 524 g/mol. The van der Waals surface area contributed by atoms with Crippen LogP contribution in [0.15, 0.2) is 54.6 Å².